The smallest absolute Gasteiger partial charge is 0.319 e. The summed E-state index contributed by atoms with van der Waals surface area (Å²) in [5.41, 5.74) is 1.07. The molecule has 1 aromatic rings. The molecule has 102 valence electrons. The Balaban J connectivity index is 2.53. The molecule has 6 heteroatoms. The van der Waals surface area contributed by atoms with Gasteiger partial charge in [-0.15, -0.1) is 6.58 Å². The first-order chi connectivity index (χ1) is 9.17. The monoisotopic (exact) mass is 263 g/mol. The predicted octanol–water partition coefficient (Wildman–Crippen LogP) is 0.716. The van der Waals surface area contributed by atoms with E-state index in [9.17, 15) is 9.59 Å². The Bertz CT molecular complexity index is 443. The zero-order valence-corrected chi connectivity index (χ0v) is 10.5. The highest BCUT2D eigenvalue weighted by Gasteiger charge is 2.05. The lowest BCUT2D eigenvalue weighted by Crippen LogP contribution is -2.31. The van der Waals surface area contributed by atoms with Gasteiger partial charge in [-0.2, -0.15) is 0 Å². The first-order valence-corrected chi connectivity index (χ1v) is 5.82. The third kappa shape index (κ3) is 5.22. The Kier molecular flexibility index (Phi) is 6.11. The van der Waals surface area contributed by atoms with Crippen LogP contribution in [0.1, 0.15) is 10.4 Å². The maximum atomic E-state index is 11.6. The van der Waals surface area contributed by atoms with E-state index in [1.165, 1.54) is 0 Å². The minimum Gasteiger partial charge on any atom is -0.395 e. The van der Waals surface area contributed by atoms with Gasteiger partial charge in [0, 0.05) is 24.3 Å². The highest BCUT2D eigenvalue weighted by atomic mass is 16.3. The van der Waals surface area contributed by atoms with E-state index in [2.05, 4.69) is 22.5 Å². The van der Waals surface area contributed by atoms with Gasteiger partial charge in [-0.25, -0.2) is 4.79 Å². The molecule has 1 aromatic carbocycles. The molecule has 0 unspecified atom stereocenters. The minimum absolute atomic E-state index is 0.115. The van der Waals surface area contributed by atoms with E-state index in [1.807, 2.05) is 0 Å². The van der Waals surface area contributed by atoms with Crippen molar-refractivity contribution in [2.75, 3.05) is 25.0 Å². The molecule has 0 radical (unpaired) electrons. The van der Waals surface area contributed by atoms with Crippen molar-refractivity contribution in [3.8, 4) is 0 Å². The number of anilines is 1. The van der Waals surface area contributed by atoms with Crippen LogP contribution in [-0.2, 0) is 0 Å². The Morgan fingerprint density at radius 3 is 2.47 bits per heavy atom. The summed E-state index contributed by atoms with van der Waals surface area (Å²) < 4.78 is 0. The van der Waals surface area contributed by atoms with Crippen LogP contribution in [-0.4, -0.2) is 36.7 Å². The van der Waals surface area contributed by atoms with Crippen LogP contribution in [0.4, 0.5) is 10.5 Å². The van der Waals surface area contributed by atoms with Crippen LogP contribution in [0.2, 0.25) is 0 Å². The lowest BCUT2D eigenvalue weighted by atomic mass is 10.2. The molecule has 0 saturated heterocycles. The fourth-order valence-corrected chi connectivity index (χ4v) is 1.32. The Morgan fingerprint density at radius 2 is 1.89 bits per heavy atom. The minimum atomic E-state index is -0.405. The van der Waals surface area contributed by atoms with Crippen LogP contribution >= 0.6 is 0 Å². The Morgan fingerprint density at radius 1 is 1.21 bits per heavy atom. The van der Waals surface area contributed by atoms with Crippen molar-refractivity contribution in [1.29, 1.82) is 0 Å². The number of nitrogens with one attached hydrogen (secondary N) is 3. The number of aliphatic hydroxyl groups is 1. The van der Waals surface area contributed by atoms with Crippen molar-refractivity contribution in [2.24, 2.45) is 0 Å². The number of hydrogen-bond acceptors (Lipinski definition) is 3. The van der Waals surface area contributed by atoms with Crippen LogP contribution in [0.25, 0.3) is 0 Å². The molecule has 0 fully saturated rings. The molecule has 19 heavy (non-hydrogen) atoms. The van der Waals surface area contributed by atoms with Crippen LogP contribution in [0.3, 0.4) is 0 Å². The molecule has 0 saturated carbocycles. The van der Waals surface area contributed by atoms with E-state index in [0.717, 1.165) is 0 Å². The molecule has 0 heterocycles. The largest absolute Gasteiger partial charge is 0.395 e. The van der Waals surface area contributed by atoms with Gasteiger partial charge in [0.1, 0.15) is 0 Å². The molecule has 0 aliphatic carbocycles. The maximum absolute atomic E-state index is 11.6. The number of benzene rings is 1. The van der Waals surface area contributed by atoms with E-state index in [4.69, 9.17) is 5.11 Å². The molecule has 0 aromatic heterocycles. The predicted molar refractivity (Wildman–Crippen MR) is 73.1 cm³/mol. The average molecular weight is 263 g/mol. The first-order valence-electron chi connectivity index (χ1n) is 5.82. The van der Waals surface area contributed by atoms with E-state index in [0.29, 0.717) is 17.8 Å². The van der Waals surface area contributed by atoms with E-state index < -0.39 is 6.03 Å². The molecule has 0 spiro atoms. The fraction of sp³-hybridized carbons (Fsp3) is 0.231. The third-order valence-corrected chi connectivity index (χ3v) is 2.21. The lowest BCUT2D eigenvalue weighted by molar-refractivity contribution is 0.0958. The highest BCUT2D eigenvalue weighted by Crippen LogP contribution is 2.09. The number of rotatable bonds is 6. The SMILES string of the molecule is C=CCNC(=O)c1ccc(NC(=O)NCCO)cc1. The highest BCUT2D eigenvalue weighted by molar-refractivity contribution is 5.95. The fourth-order valence-electron chi connectivity index (χ4n) is 1.32. The lowest BCUT2D eigenvalue weighted by Gasteiger charge is -2.07. The first kappa shape index (κ1) is 14.7. The van der Waals surface area contributed by atoms with Crippen LogP contribution in [0, 0.1) is 0 Å². The maximum Gasteiger partial charge on any atom is 0.319 e. The second-order valence-electron chi connectivity index (χ2n) is 3.68. The van der Waals surface area contributed by atoms with Crippen molar-refractivity contribution >= 4 is 17.6 Å². The molecular formula is C13H17N3O3. The quantitative estimate of drug-likeness (QED) is 0.570. The summed E-state index contributed by atoms with van der Waals surface area (Å²) in [6, 6.07) is 6.07. The van der Waals surface area contributed by atoms with Gasteiger partial charge in [-0.1, -0.05) is 6.08 Å². The summed E-state index contributed by atoms with van der Waals surface area (Å²) in [4.78, 5) is 22.9. The molecule has 0 aliphatic rings. The Labute approximate surface area is 111 Å². The second-order valence-corrected chi connectivity index (χ2v) is 3.68. The molecule has 0 atom stereocenters. The Hall–Kier alpha value is -2.34. The zero-order valence-electron chi connectivity index (χ0n) is 10.5. The van der Waals surface area contributed by atoms with Crippen molar-refractivity contribution in [1.82, 2.24) is 10.6 Å². The number of amides is 3. The van der Waals surface area contributed by atoms with Crippen LogP contribution in [0.5, 0.6) is 0 Å². The molecule has 3 amide bonds. The second kappa shape index (κ2) is 7.88. The number of urea groups is 1. The molecular weight excluding hydrogens is 246 g/mol. The normalized spacial score (nSPS) is 9.53. The van der Waals surface area contributed by atoms with Crippen molar-refractivity contribution in [3.05, 3.63) is 42.5 Å². The molecule has 1 rings (SSSR count). The summed E-state index contributed by atoms with van der Waals surface area (Å²) in [6.45, 7) is 3.99. The average Bonchev–Trinajstić information content (AvgIpc) is 2.43. The summed E-state index contributed by atoms with van der Waals surface area (Å²) in [6.07, 6.45) is 1.60. The number of hydrogen-bond donors (Lipinski definition) is 4. The zero-order chi connectivity index (χ0) is 14.1. The van der Waals surface area contributed by atoms with Gasteiger partial charge in [-0.05, 0) is 24.3 Å². The summed E-state index contributed by atoms with van der Waals surface area (Å²) >= 11 is 0. The third-order valence-electron chi connectivity index (χ3n) is 2.21. The van der Waals surface area contributed by atoms with Crippen molar-refractivity contribution in [3.63, 3.8) is 0 Å². The van der Waals surface area contributed by atoms with Gasteiger partial charge in [0.25, 0.3) is 5.91 Å². The molecule has 0 aliphatic heterocycles. The van der Waals surface area contributed by atoms with Crippen LogP contribution < -0.4 is 16.0 Å². The van der Waals surface area contributed by atoms with E-state index in [1.54, 1.807) is 30.3 Å². The van der Waals surface area contributed by atoms with Crippen molar-refractivity contribution in [2.45, 2.75) is 0 Å². The van der Waals surface area contributed by atoms with E-state index in [-0.39, 0.29) is 19.1 Å². The van der Waals surface area contributed by atoms with Gasteiger partial charge >= 0.3 is 6.03 Å². The molecule has 4 N–H and O–H groups in total. The summed E-state index contributed by atoms with van der Waals surface area (Å²) in [5.74, 6) is -0.198. The number of aliphatic hydroxyl groups excluding tert-OH is 1. The van der Waals surface area contributed by atoms with Gasteiger partial charge in [0.05, 0.1) is 6.61 Å². The number of carbonyl (C=O) groups excluding carboxylic acids is 2. The van der Waals surface area contributed by atoms with Crippen molar-refractivity contribution < 1.29 is 14.7 Å². The topological polar surface area (TPSA) is 90.5 Å². The summed E-state index contributed by atoms with van der Waals surface area (Å²) in [7, 11) is 0. The molecule has 0 bridgehead atoms. The summed E-state index contributed by atoms with van der Waals surface area (Å²) in [5, 5.41) is 16.2. The van der Waals surface area contributed by atoms with E-state index >= 15 is 0 Å². The van der Waals surface area contributed by atoms with Gasteiger partial charge in [0.15, 0.2) is 0 Å². The van der Waals surface area contributed by atoms with Gasteiger partial charge < -0.3 is 21.1 Å². The van der Waals surface area contributed by atoms with Gasteiger partial charge in [0.2, 0.25) is 0 Å². The van der Waals surface area contributed by atoms with Crippen LogP contribution in [0.15, 0.2) is 36.9 Å². The van der Waals surface area contributed by atoms with Gasteiger partial charge in [-0.3, -0.25) is 4.79 Å². The number of carbonyl (C=O) groups is 2. The molecule has 6 nitrogen and oxygen atoms in total. The standard InChI is InChI=1S/C13H17N3O3/c1-2-7-14-12(18)10-3-5-11(6-4-10)16-13(19)15-8-9-17/h2-6,17H,1,7-9H2,(H,14,18)(H2,15,16,19).